The Labute approximate surface area is 106 Å². The summed E-state index contributed by atoms with van der Waals surface area (Å²) in [6.07, 6.45) is 2.07. The molecule has 1 unspecified atom stereocenters. The maximum Gasteiger partial charge on any atom is 0.264 e. The minimum absolute atomic E-state index is 0.0136. The van der Waals surface area contributed by atoms with Crippen LogP contribution in [0.4, 0.5) is 0 Å². The molecule has 0 radical (unpaired) electrons. The van der Waals surface area contributed by atoms with E-state index in [2.05, 4.69) is 8.37 Å². The maximum atomic E-state index is 10.3. The van der Waals surface area contributed by atoms with Gasteiger partial charge in [0, 0.05) is 0 Å². The molecule has 0 bridgehead atoms. The Morgan fingerprint density at radius 3 is 1.33 bits per heavy atom. The molecule has 0 N–H and O–H groups in total. The predicted octanol–water partition coefficient (Wildman–Crippen LogP) is -1.28. The van der Waals surface area contributed by atoms with Crippen molar-refractivity contribution in [2.45, 2.75) is 12.2 Å². The molecule has 2 atom stereocenters. The SMILES string of the molecule is CS(=O)(=O)OCC1CO1.CS(=O)(=O)OC[C@H]1CO1. The van der Waals surface area contributed by atoms with Crippen LogP contribution in [0.2, 0.25) is 0 Å². The zero-order valence-corrected chi connectivity index (χ0v) is 11.7. The van der Waals surface area contributed by atoms with Crippen molar-refractivity contribution in [3.8, 4) is 0 Å². The number of ether oxygens (including phenoxy) is 2. The molecule has 0 aromatic heterocycles. The monoisotopic (exact) mass is 304 g/mol. The maximum absolute atomic E-state index is 10.3. The van der Waals surface area contributed by atoms with Gasteiger partial charge in [-0.1, -0.05) is 0 Å². The molecule has 108 valence electrons. The van der Waals surface area contributed by atoms with Crippen molar-refractivity contribution in [2.75, 3.05) is 38.9 Å². The van der Waals surface area contributed by atoms with Crippen molar-refractivity contribution < 1.29 is 34.7 Å². The first kappa shape index (κ1) is 15.8. The number of hydrogen-bond acceptors (Lipinski definition) is 8. The van der Waals surface area contributed by atoms with E-state index < -0.39 is 20.2 Å². The van der Waals surface area contributed by atoms with Gasteiger partial charge in [0.2, 0.25) is 0 Å². The first-order valence-corrected chi connectivity index (χ1v) is 8.71. The lowest BCUT2D eigenvalue weighted by molar-refractivity contribution is 0.268. The molecule has 0 amide bonds. The van der Waals surface area contributed by atoms with Crippen LogP contribution < -0.4 is 0 Å². The Kier molecular flexibility index (Phi) is 5.49. The second-order valence-corrected chi connectivity index (χ2v) is 7.18. The summed E-state index contributed by atoms with van der Waals surface area (Å²) in [7, 11) is -6.52. The largest absolute Gasteiger partial charge is 0.371 e. The Morgan fingerprint density at radius 2 is 1.17 bits per heavy atom. The lowest BCUT2D eigenvalue weighted by Gasteiger charge is -1.94. The van der Waals surface area contributed by atoms with Crippen molar-refractivity contribution in [3.63, 3.8) is 0 Å². The molecule has 10 heteroatoms. The lowest BCUT2D eigenvalue weighted by Crippen LogP contribution is -2.07. The van der Waals surface area contributed by atoms with Crippen molar-refractivity contribution >= 4 is 20.2 Å². The molecule has 0 spiro atoms. The summed E-state index contributed by atoms with van der Waals surface area (Å²) in [5.74, 6) is 0. The Morgan fingerprint density at radius 1 is 0.889 bits per heavy atom. The third-order valence-corrected chi connectivity index (χ3v) is 2.87. The van der Waals surface area contributed by atoms with Gasteiger partial charge in [-0.05, 0) is 0 Å². The van der Waals surface area contributed by atoms with E-state index in [1.54, 1.807) is 0 Å². The van der Waals surface area contributed by atoms with E-state index in [0.29, 0.717) is 13.2 Å². The van der Waals surface area contributed by atoms with E-state index in [0.717, 1.165) is 12.5 Å². The van der Waals surface area contributed by atoms with Gasteiger partial charge < -0.3 is 9.47 Å². The van der Waals surface area contributed by atoms with Crippen LogP contribution in [0.1, 0.15) is 0 Å². The summed E-state index contributed by atoms with van der Waals surface area (Å²) in [5.41, 5.74) is 0. The highest BCUT2D eigenvalue weighted by molar-refractivity contribution is 7.86. The van der Waals surface area contributed by atoms with Crippen molar-refractivity contribution in [3.05, 3.63) is 0 Å². The van der Waals surface area contributed by atoms with Crippen molar-refractivity contribution in [2.24, 2.45) is 0 Å². The van der Waals surface area contributed by atoms with Crippen LogP contribution in [0.3, 0.4) is 0 Å². The lowest BCUT2D eigenvalue weighted by atomic mass is 10.5. The Bertz CT molecular complexity index is 401. The Balaban J connectivity index is 0.000000180. The van der Waals surface area contributed by atoms with E-state index in [9.17, 15) is 16.8 Å². The van der Waals surface area contributed by atoms with E-state index in [1.807, 2.05) is 0 Å². The molecule has 2 rings (SSSR count). The van der Waals surface area contributed by atoms with Gasteiger partial charge in [0.1, 0.15) is 12.2 Å². The van der Waals surface area contributed by atoms with Crippen LogP contribution in [0.5, 0.6) is 0 Å². The van der Waals surface area contributed by atoms with Crippen LogP contribution in [0.25, 0.3) is 0 Å². The van der Waals surface area contributed by atoms with Crippen LogP contribution in [-0.4, -0.2) is 68.0 Å². The topological polar surface area (TPSA) is 112 Å². The molecule has 0 saturated carbocycles. The molecule has 0 aromatic carbocycles. The fourth-order valence-corrected chi connectivity index (χ4v) is 1.53. The fourth-order valence-electron chi connectivity index (χ4n) is 0.728. The van der Waals surface area contributed by atoms with Crippen LogP contribution in [0, 0.1) is 0 Å². The van der Waals surface area contributed by atoms with E-state index in [1.165, 1.54) is 0 Å². The molecule has 2 saturated heterocycles. The van der Waals surface area contributed by atoms with Gasteiger partial charge in [-0.2, -0.15) is 16.8 Å². The molecule has 18 heavy (non-hydrogen) atoms. The van der Waals surface area contributed by atoms with Crippen LogP contribution >= 0.6 is 0 Å². The van der Waals surface area contributed by atoms with Crippen molar-refractivity contribution in [1.82, 2.24) is 0 Å². The van der Waals surface area contributed by atoms with Gasteiger partial charge in [0.25, 0.3) is 20.2 Å². The second kappa shape index (κ2) is 6.26. The molecule has 2 aliphatic rings. The zero-order valence-electron chi connectivity index (χ0n) is 10.1. The van der Waals surface area contributed by atoms with Crippen LogP contribution in [-0.2, 0) is 38.1 Å². The number of hydrogen-bond donors (Lipinski definition) is 0. The summed E-state index contributed by atoms with van der Waals surface area (Å²) in [5, 5.41) is 0. The number of rotatable bonds is 6. The number of epoxide rings is 2. The zero-order chi connectivity index (χ0) is 13.8. The molecule has 0 aliphatic carbocycles. The molecule has 2 fully saturated rings. The third kappa shape index (κ3) is 10.9. The van der Waals surface area contributed by atoms with E-state index >= 15 is 0 Å². The molecule has 2 aliphatic heterocycles. The summed E-state index contributed by atoms with van der Waals surface area (Å²) < 4.78 is 59.4. The quantitative estimate of drug-likeness (QED) is 0.441. The first-order valence-electron chi connectivity index (χ1n) is 5.08. The molecular formula is C8H16O8S2. The van der Waals surface area contributed by atoms with Gasteiger partial charge in [-0.3, -0.25) is 8.37 Å². The Hall–Kier alpha value is -0.260. The average molecular weight is 304 g/mol. The first-order chi connectivity index (χ1) is 8.16. The third-order valence-electron chi connectivity index (χ3n) is 1.74. The predicted molar refractivity (Wildman–Crippen MR) is 61.1 cm³/mol. The highest BCUT2D eigenvalue weighted by atomic mass is 32.2. The smallest absolute Gasteiger partial charge is 0.264 e. The molecular weight excluding hydrogens is 288 g/mol. The molecule has 0 aromatic rings. The average Bonchev–Trinajstić information content (AvgIpc) is 3.05. The molecule has 2 heterocycles. The van der Waals surface area contributed by atoms with Crippen LogP contribution in [0.15, 0.2) is 0 Å². The summed E-state index contributed by atoms with van der Waals surface area (Å²) in [6.45, 7) is 1.57. The molecule has 8 nitrogen and oxygen atoms in total. The van der Waals surface area contributed by atoms with Gasteiger partial charge in [-0.25, -0.2) is 0 Å². The van der Waals surface area contributed by atoms with Crippen molar-refractivity contribution in [1.29, 1.82) is 0 Å². The highest BCUT2D eigenvalue weighted by Gasteiger charge is 2.24. The second-order valence-electron chi connectivity index (χ2n) is 3.89. The van der Waals surface area contributed by atoms with Gasteiger partial charge in [0.05, 0.1) is 38.9 Å². The van der Waals surface area contributed by atoms with E-state index in [4.69, 9.17) is 9.47 Å². The van der Waals surface area contributed by atoms with Gasteiger partial charge >= 0.3 is 0 Å². The van der Waals surface area contributed by atoms with Gasteiger partial charge in [-0.15, -0.1) is 0 Å². The van der Waals surface area contributed by atoms with E-state index in [-0.39, 0.29) is 25.4 Å². The summed E-state index contributed by atoms with van der Waals surface area (Å²) >= 11 is 0. The standard InChI is InChI=1S/2C4H8O4S/c2*1-9(5,6)8-3-4-2-7-4/h2*4H,2-3H2,1H3/t4-;/m1./s1. The van der Waals surface area contributed by atoms with Gasteiger partial charge in [0.15, 0.2) is 0 Å². The fraction of sp³-hybridized carbons (Fsp3) is 1.00. The highest BCUT2D eigenvalue weighted by Crippen LogP contribution is 2.09. The normalized spacial score (nSPS) is 26.1. The minimum Gasteiger partial charge on any atom is -0.371 e. The summed E-state index contributed by atoms with van der Waals surface area (Å²) in [6, 6.07) is 0. The summed E-state index contributed by atoms with van der Waals surface area (Å²) in [4.78, 5) is 0. The minimum atomic E-state index is -3.26.